The van der Waals surface area contributed by atoms with E-state index < -0.39 is 0 Å². The van der Waals surface area contributed by atoms with Crippen LogP contribution in [0.5, 0.6) is 5.75 Å². The summed E-state index contributed by atoms with van der Waals surface area (Å²) in [6.45, 7) is 2.81. The summed E-state index contributed by atoms with van der Waals surface area (Å²) < 4.78 is 5.15. The maximum absolute atomic E-state index is 12.5. The number of carbonyl (C=O) groups excluding carboxylic acids is 1. The predicted octanol–water partition coefficient (Wildman–Crippen LogP) is 3.65. The number of benzene rings is 2. The molecule has 1 saturated heterocycles. The lowest BCUT2D eigenvalue weighted by molar-refractivity contribution is 0.0924. The standard InChI is InChI=1S/C21H26N2O2/c1-25-19-12-10-18(11-13-19)21(24)22-16-20(17-8-4-2-5-9-17)23-14-6-3-7-15-23/h2,4-5,8-13,20H,3,6-7,14-16H2,1H3,(H,22,24)/t20-/m1/s1. The summed E-state index contributed by atoms with van der Waals surface area (Å²) in [7, 11) is 1.62. The van der Waals surface area contributed by atoms with E-state index in [9.17, 15) is 4.79 Å². The Bertz CT molecular complexity index is 664. The van der Waals surface area contributed by atoms with E-state index >= 15 is 0 Å². The number of piperidine rings is 1. The van der Waals surface area contributed by atoms with Crippen molar-refractivity contribution in [2.45, 2.75) is 25.3 Å². The summed E-state index contributed by atoms with van der Waals surface area (Å²) in [5, 5.41) is 3.11. The first-order valence-electron chi connectivity index (χ1n) is 8.99. The first-order chi connectivity index (χ1) is 12.3. The van der Waals surface area contributed by atoms with Crippen molar-refractivity contribution in [2.24, 2.45) is 0 Å². The van der Waals surface area contributed by atoms with Gasteiger partial charge in [-0.1, -0.05) is 36.8 Å². The van der Waals surface area contributed by atoms with Gasteiger partial charge in [-0.2, -0.15) is 0 Å². The number of ether oxygens (including phenoxy) is 1. The van der Waals surface area contributed by atoms with Gasteiger partial charge in [0.25, 0.3) is 5.91 Å². The summed E-state index contributed by atoms with van der Waals surface area (Å²) in [4.78, 5) is 15.0. The monoisotopic (exact) mass is 338 g/mol. The van der Waals surface area contributed by atoms with Gasteiger partial charge in [0, 0.05) is 12.1 Å². The SMILES string of the molecule is COc1ccc(C(=O)NC[C@H](c2ccccc2)N2CCCCC2)cc1. The Labute approximate surface area is 149 Å². The molecule has 2 aromatic rings. The smallest absolute Gasteiger partial charge is 0.251 e. The molecule has 4 nitrogen and oxygen atoms in total. The largest absolute Gasteiger partial charge is 0.497 e. The van der Waals surface area contributed by atoms with E-state index in [0.717, 1.165) is 18.8 Å². The number of rotatable bonds is 6. The van der Waals surface area contributed by atoms with Gasteiger partial charge >= 0.3 is 0 Å². The van der Waals surface area contributed by atoms with Crippen molar-refractivity contribution in [3.05, 3.63) is 65.7 Å². The summed E-state index contributed by atoms with van der Waals surface area (Å²) in [6, 6.07) is 17.9. The zero-order valence-corrected chi connectivity index (χ0v) is 14.8. The molecule has 0 spiro atoms. The van der Waals surface area contributed by atoms with Crippen LogP contribution in [-0.4, -0.2) is 37.6 Å². The Kier molecular flexibility index (Phi) is 6.07. The van der Waals surface area contributed by atoms with Crippen LogP contribution in [0.1, 0.15) is 41.2 Å². The fraction of sp³-hybridized carbons (Fsp3) is 0.381. The van der Waals surface area contributed by atoms with Crippen molar-refractivity contribution in [3.63, 3.8) is 0 Å². The molecule has 0 aromatic heterocycles. The molecule has 1 fully saturated rings. The molecule has 4 heteroatoms. The van der Waals surface area contributed by atoms with Gasteiger partial charge in [-0.15, -0.1) is 0 Å². The molecule has 1 aliphatic heterocycles. The molecule has 0 aliphatic carbocycles. The fourth-order valence-electron chi connectivity index (χ4n) is 3.40. The van der Waals surface area contributed by atoms with Gasteiger partial charge in [0.1, 0.15) is 5.75 Å². The molecule has 3 rings (SSSR count). The van der Waals surface area contributed by atoms with E-state index in [1.165, 1.54) is 24.8 Å². The minimum Gasteiger partial charge on any atom is -0.497 e. The van der Waals surface area contributed by atoms with Crippen molar-refractivity contribution in [2.75, 3.05) is 26.7 Å². The molecule has 0 radical (unpaired) electrons. The molecule has 1 N–H and O–H groups in total. The number of methoxy groups -OCH3 is 1. The Balaban J connectivity index is 1.68. The molecule has 132 valence electrons. The lowest BCUT2D eigenvalue weighted by Crippen LogP contribution is -2.40. The average molecular weight is 338 g/mol. The molecule has 1 amide bonds. The third kappa shape index (κ3) is 4.60. The van der Waals surface area contributed by atoms with Crippen LogP contribution in [0.25, 0.3) is 0 Å². The van der Waals surface area contributed by atoms with E-state index in [-0.39, 0.29) is 11.9 Å². The van der Waals surface area contributed by atoms with Crippen LogP contribution in [0, 0.1) is 0 Å². The lowest BCUT2D eigenvalue weighted by Gasteiger charge is -2.35. The third-order valence-electron chi connectivity index (χ3n) is 4.82. The minimum atomic E-state index is -0.0411. The number of hydrogen-bond acceptors (Lipinski definition) is 3. The normalized spacial score (nSPS) is 16.2. The molecule has 0 saturated carbocycles. The van der Waals surface area contributed by atoms with Crippen molar-refractivity contribution in [3.8, 4) is 5.75 Å². The van der Waals surface area contributed by atoms with Crippen molar-refractivity contribution in [1.82, 2.24) is 10.2 Å². The van der Waals surface area contributed by atoms with Gasteiger partial charge in [0.15, 0.2) is 0 Å². The Morgan fingerprint density at radius 1 is 1.04 bits per heavy atom. The van der Waals surface area contributed by atoms with Crippen LogP contribution in [0.4, 0.5) is 0 Å². The summed E-state index contributed by atoms with van der Waals surface area (Å²) in [6.07, 6.45) is 3.77. The molecular weight excluding hydrogens is 312 g/mol. The molecule has 1 heterocycles. The Hall–Kier alpha value is -2.33. The second-order valence-electron chi connectivity index (χ2n) is 6.46. The molecule has 0 bridgehead atoms. The van der Waals surface area contributed by atoms with E-state index in [2.05, 4.69) is 34.5 Å². The first kappa shape index (κ1) is 17.5. The topological polar surface area (TPSA) is 41.6 Å². The van der Waals surface area contributed by atoms with E-state index in [0.29, 0.717) is 12.1 Å². The number of hydrogen-bond donors (Lipinski definition) is 1. The highest BCUT2D eigenvalue weighted by molar-refractivity contribution is 5.94. The summed E-state index contributed by atoms with van der Waals surface area (Å²) in [5.74, 6) is 0.715. The number of nitrogens with zero attached hydrogens (tertiary/aromatic N) is 1. The van der Waals surface area contributed by atoms with Gasteiger partial charge in [-0.05, 0) is 55.8 Å². The second kappa shape index (κ2) is 8.67. The highest BCUT2D eigenvalue weighted by Gasteiger charge is 2.22. The summed E-state index contributed by atoms with van der Waals surface area (Å²) in [5.41, 5.74) is 1.92. The number of carbonyl (C=O) groups is 1. The molecule has 0 unspecified atom stereocenters. The van der Waals surface area contributed by atoms with E-state index in [4.69, 9.17) is 4.74 Å². The van der Waals surface area contributed by atoms with Crippen molar-refractivity contribution >= 4 is 5.91 Å². The molecular formula is C21H26N2O2. The highest BCUT2D eigenvalue weighted by Crippen LogP contribution is 2.24. The third-order valence-corrected chi connectivity index (χ3v) is 4.82. The van der Waals surface area contributed by atoms with Crippen LogP contribution in [0.15, 0.2) is 54.6 Å². The van der Waals surface area contributed by atoms with Gasteiger partial charge < -0.3 is 10.1 Å². The fourth-order valence-corrected chi connectivity index (χ4v) is 3.40. The van der Waals surface area contributed by atoms with Crippen LogP contribution < -0.4 is 10.1 Å². The predicted molar refractivity (Wildman–Crippen MR) is 99.9 cm³/mol. The lowest BCUT2D eigenvalue weighted by atomic mass is 10.0. The quantitative estimate of drug-likeness (QED) is 0.874. The average Bonchev–Trinajstić information content (AvgIpc) is 2.70. The van der Waals surface area contributed by atoms with Crippen LogP contribution in [0.2, 0.25) is 0 Å². The first-order valence-corrected chi connectivity index (χ1v) is 8.99. The number of likely N-dealkylation sites (tertiary alicyclic amines) is 1. The van der Waals surface area contributed by atoms with Gasteiger partial charge in [-0.25, -0.2) is 0 Å². The Morgan fingerprint density at radius 3 is 2.36 bits per heavy atom. The van der Waals surface area contributed by atoms with Gasteiger partial charge in [0.05, 0.1) is 13.2 Å². The molecule has 2 aromatic carbocycles. The maximum atomic E-state index is 12.5. The number of amides is 1. The summed E-state index contributed by atoms with van der Waals surface area (Å²) >= 11 is 0. The van der Waals surface area contributed by atoms with Crippen molar-refractivity contribution in [1.29, 1.82) is 0 Å². The van der Waals surface area contributed by atoms with E-state index in [1.807, 2.05) is 18.2 Å². The second-order valence-corrected chi connectivity index (χ2v) is 6.46. The van der Waals surface area contributed by atoms with Crippen molar-refractivity contribution < 1.29 is 9.53 Å². The number of nitrogens with one attached hydrogen (secondary N) is 1. The van der Waals surface area contributed by atoms with Crippen LogP contribution >= 0.6 is 0 Å². The maximum Gasteiger partial charge on any atom is 0.251 e. The van der Waals surface area contributed by atoms with Gasteiger partial charge in [-0.3, -0.25) is 9.69 Å². The zero-order chi connectivity index (χ0) is 17.5. The molecule has 1 atom stereocenters. The van der Waals surface area contributed by atoms with Crippen LogP contribution in [-0.2, 0) is 0 Å². The zero-order valence-electron chi connectivity index (χ0n) is 14.8. The Morgan fingerprint density at radius 2 is 1.72 bits per heavy atom. The highest BCUT2D eigenvalue weighted by atomic mass is 16.5. The van der Waals surface area contributed by atoms with Gasteiger partial charge in [0.2, 0.25) is 0 Å². The minimum absolute atomic E-state index is 0.0411. The molecule has 25 heavy (non-hydrogen) atoms. The molecule has 1 aliphatic rings. The van der Waals surface area contributed by atoms with Crippen LogP contribution in [0.3, 0.4) is 0 Å². The van der Waals surface area contributed by atoms with E-state index in [1.54, 1.807) is 19.2 Å².